The van der Waals surface area contributed by atoms with Gasteiger partial charge in [-0.05, 0) is 199 Å². The smallest absolute Gasteiger partial charge is 0.656 e. The molecule has 6 nitrogen and oxygen atoms in total. The normalized spacial score (nSPS) is 15.5. The van der Waals surface area contributed by atoms with Crippen molar-refractivity contribution in [3.63, 3.8) is 0 Å². The van der Waals surface area contributed by atoms with Gasteiger partial charge in [-0.2, -0.15) is 0 Å². The van der Waals surface area contributed by atoms with Crippen molar-refractivity contribution in [1.29, 1.82) is 0 Å². The van der Waals surface area contributed by atoms with Gasteiger partial charge in [-0.1, -0.05) is 148 Å². The number of ether oxygens (including phenoxy) is 2. The second-order valence-corrected chi connectivity index (χ2v) is 23.7. The van der Waals surface area contributed by atoms with Gasteiger partial charge in [0.1, 0.15) is 11.5 Å². The first-order valence-corrected chi connectivity index (χ1v) is 28.4. The number of aromatic nitrogens is 2. The molecule has 0 fully saturated rings. The Balaban J connectivity index is 0.000000172. The van der Waals surface area contributed by atoms with E-state index in [1.165, 1.54) is 77.6 Å². The molecule has 8 aromatic rings. The van der Waals surface area contributed by atoms with Crippen molar-refractivity contribution >= 4 is 77.0 Å². The molecule has 12 rings (SSSR count). The SMILES string of the molecule is COc1ccc2c(c1)CCC1=CC(=Cc3[n-]c(-c4ccc(C(C)C)cc4C(C)C)c4ccc(Br)cc34)N=C12.COc1ccc2c(c1)CCC1=CC(=Cc3[n-]c(-c4ccc(C(C)C)cc4C(C)C)c4ccc(Br)cc34)N=C12.[Ni+2]. The molecule has 0 saturated carbocycles. The molecule has 2 aliphatic carbocycles. The fraction of sp³-hybridized carbons (Fsp3) is 0.265. The number of benzene rings is 6. The van der Waals surface area contributed by atoms with Gasteiger partial charge in [0.15, 0.2) is 0 Å². The molecule has 0 spiro atoms. The van der Waals surface area contributed by atoms with Crippen LogP contribution in [0.2, 0.25) is 0 Å². The topological polar surface area (TPSA) is 71.4 Å². The molecule has 4 heterocycles. The Morgan fingerprint density at radius 1 is 0.455 bits per heavy atom. The number of aliphatic imine (C=N–C) groups is 2. The zero-order chi connectivity index (χ0) is 53.1. The van der Waals surface area contributed by atoms with Crippen molar-refractivity contribution < 1.29 is 26.0 Å². The van der Waals surface area contributed by atoms with Gasteiger partial charge in [0.25, 0.3) is 0 Å². The van der Waals surface area contributed by atoms with E-state index in [4.69, 9.17) is 29.4 Å². The van der Waals surface area contributed by atoms with Crippen molar-refractivity contribution in [2.45, 2.75) is 105 Å². The number of rotatable bonds is 10. The molecule has 0 N–H and O–H groups in total. The minimum Gasteiger partial charge on any atom is -0.656 e. The molecule has 2 aromatic heterocycles. The van der Waals surface area contributed by atoms with Crippen LogP contribution in [-0.4, -0.2) is 25.6 Å². The van der Waals surface area contributed by atoms with Crippen LogP contribution in [0.4, 0.5) is 0 Å². The molecular formula is C68H64Br2N4NiO2. The molecular weight excluding hydrogens is 1120 g/mol. The molecule has 6 aromatic carbocycles. The van der Waals surface area contributed by atoms with E-state index < -0.39 is 0 Å². The van der Waals surface area contributed by atoms with Crippen LogP contribution in [-0.2, 0) is 29.3 Å². The third kappa shape index (κ3) is 10.6. The predicted molar refractivity (Wildman–Crippen MR) is 325 cm³/mol. The first kappa shape index (κ1) is 54.1. The fourth-order valence-corrected chi connectivity index (χ4v) is 12.0. The zero-order valence-electron chi connectivity index (χ0n) is 45.5. The minimum atomic E-state index is 0. The Kier molecular flexibility index (Phi) is 15.6. The number of fused-ring (bicyclic) bond motifs is 8. The molecule has 77 heavy (non-hydrogen) atoms. The molecule has 4 aliphatic rings. The summed E-state index contributed by atoms with van der Waals surface area (Å²) in [6, 6.07) is 39.4. The van der Waals surface area contributed by atoms with Gasteiger partial charge in [0.05, 0.1) is 37.0 Å². The maximum Gasteiger partial charge on any atom is 2.00 e. The Labute approximate surface area is 481 Å². The van der Waals surface area contributed by atoms with Crippen LogP contribution in [0.25, 0.3) is 56.2 Å². The van der Waals surface area contributed by atoms with Crippen LogP contribution in [0, 0.1) is 0 Å². The second kappa shape index (κ2) is 22.2. The number of hydrogen-bond acceptors (Lipinski definition) is 4. The first-order valence-electron chi connectivity index (χ1n) is 26.8. The van der Waals surface area contributed by atoms with Crippen molar-refractivity contribution in [1.82, 2.24) is 9.97 Å². The molecule has 0 unspecified atom stereocenters. The standard InChI is InChI=1S/2C34H32BrN2O.Ni/c2*1-19(2)21-8-11-28(30(16-21)20(3)4)34-29-12-9-24(35)17-31(29)32(37-34)18-25-14-23-7-6-22-15-26(38-5)10-13-27(22)33(23)36-25;/h2*8-20H,6-7H2,1-5H3;/q2*-1;+2. The third-order valence-electron chi connectivity index (χ3n) is 15.5. The average molecular weight is 1190 g/mol. The molecule has 0 bridgehead atoms. The van der Waals surface area contributed by atoms with Crippen LogP contribution in [0.15, 0.2) is 163 Å². The van der Waals surface area contributed by atoms with Gasteiger partial charge >= 0.3 is 16.5 Å². The van der Waals surface area contributed by atoms with Crippen LogP contribution in [0.1, 0.15) is 148 Å². The van der Waals surface area contributed by atoms with Crippen LogP contribution in [0.3, 0.4) is 0 Å². The monoisotopic (exact) mass is 1180 g/mol. The van der Waals surface area contributed by atoms with Crippen molar-refractivity contribution in [3.8, 4) is 34.0 Å². The van der Waals surface area contributed by atoms with Gasteiger partial charge < -0.3 is 19.4 Å². The van der Waals surface area contributed by atoms with Gasteiger partial charge in [-0.15, -0.1) is 22.8 Å². The van der Waals surface area contributed by atoms with Crippen LogP contribution >= 0.6 is 31.9 Å². The Hall–Kier alpha value is -6.25. The van der Waals surface area contributed by atoms with E-state index in [2.05, 4.69) is 209 Å². The van der Waals surface area contributed by atoms with Crippen molar-refractivity contribution in [2.75, 3.05) is 14.2 Å². The number of allylic oxidation sites excluding steroid dienone is 4. The zero-order valence-corrected chi connectivity index (χ0v) is 49.7. The maximum atomic E-state index is 5.44. The van der Waals surface area contributed by atoms with Gasteiger partial charge in [0.2, 0.25) is 0 Å². The number of nitrogens with zero attached hydrogens (tertiary/aromatic N) is 4. The molecule has 2 aliphatic heterocycles. The Morgan fingerprint density at radius 2 is 0.857 bits per heavy atom. The summed E-state index contributed by atoms with van der Waals surface area (Å²) in [5.74, 6) is 3.59. The summed E-state index contributed by atoms with van der Waals surface area (Å²) in [5, 5.41) is 4.63. The average Bonchev–Trinajstić information content (AvgIpc) is 4.22. The summed E-state index contributed by atoms with van der Waals surface area (Å²) in [6.45, 7) is 18.1. The Morgan fingerprint density at radius 3 is 1.23 bits per heavy atom. The van der Waals surface area contributed by atoms with E-state index in [-0.39, 0.29) is 16.5 Å². The summed E-state index contributed by atoms with van der Waals surface area (Å²) < 4.78 is 13.0. The number of halogens is 2. The summed E-state index contributed by atoms with van der Waals surface area (Å²) in [7, 11) is 3.44. The van der Waals surface area contributed by atoms with Gasteiger partial charge in [-0.25, -0.2) is 9.98 Å². The maximum absolute atomic E-state index is 5.44. The molecule has 0 radical (unpaired) electrons. The number of methoxy groups -OCH3 is 2. The largest absolute Gasteiger partial charge is 2.00 e. The third-order valence-corrected chi connectivity index (χ3v) is 16.5. The Bertz CT molecular complexity index is 3590. The first-order chi connectivity index (χ1) is 36.6. The quantitative estimate of drug-likeness (QED) is 0.128. The predicted octanol–water partition coefficient (Wildman–Crippen LogP) is 18.4. The van der Waals surface area contributed by atoms with Gasteiger partial charge in [0, 0.05) is 20.1 Å². The van der Waals surface area contributed by atoms with Crippen LogP contribution < -0.4 is 19.4 Å². The van der Waals surface area contributed by atoms with E-state index in [0.717, 1.165) is 102 Å². The number of aryl methyl sites for hydroxylation is 2. The van der Waals surface area contributed by atoms with Crippen LogP contribution in [0.5, 0.6) is 11.5 Å². The van der Waals surface area contributed by atoms with E-state index in [9.17, 15) is 0 Å². The minimum absolute atomic E-state index is 0. The molecule has 392 valence electrons. The summed E-state index contributed by atoms with van der Waals surface area (Å²) >= 11 is 7.38. The second-order valence-electron chi connectivity index (χ2n) is 21.8. The van der Waals surface area contributed by atoms with E-state index in [1.54, 1.807) is 14.2 Å². The molecule has 9 heteroatoms. The fourth-order valence-electron chi connectivity index (χ4n) is 11.3. The molecule has 0 amide bonds. The molecule has 0 atom stereocenters. The van der Waals surface area contributed by atoms with E-state index in [1.807, 2.05) is 12.1 Å². The van der Waals surface area contributed by atoms with E-state index in [0.29, 0.717) is 23.7 Å². The summed E-state index contributed by atoms with van der Waals surface area (Å²) in [4.78, 5) is 20.7. The summed E-state index contributed by atoms with van der Waals surface area (Å²) in [6.07, 6.45) is 12.8. The number of hydrogen-bond donors (Lipinski definition) is 0. The van der Waals surface area contributed by atoms with E-state index >= 15 is 0 Å². The van der Waals surface area contributed by atoms with Gasteiger partial charge in [-0.3, -0.25) is 0 Å². The molecule has 0 saturated heterocycles. The van der Waals surface area contributed by atoms with Crippen molar-refractivity contribution in [3.05, 3.63) is 209 Å². The van der Waals surface area contributed by atoms with Crippen molar-refractivity contribution in [2.24, 2.45) is 9.98 Å². The summed E-state index contributed by atoms with van der Waals surface area (Å²) in [5.41, 5.74) is 23.6.